The summed E-state index contributed by atoms with van der Waals surface area (Å²) in [5, 5.41) is 9.90. The number of nitrogens with one attached hydrogen (secondary N) is 3. The number of nitrogens with zero attached hydrogens (tertiary/aromatic N) is 1. The van der Waals surface area contributed by atoms with Gasteiger partial charge in [0.05, 0.1) is 12.7 Å². The molecule has 3 N–H and O–H groups in total. The summed E-state index contributed by atoms with van der Waals surface area (Å²) in [6.07, 6.45) is 2.39. The van der Waals surface area contributed by atoms with Crippen LogP contribution in [-0.4, -0.2) is 57.4 Å². The highest BCUT2D eigenvalue weighted by molar-refractivity contribution is 6.31. The van der Waals surface area contributed by atoms with E-state index in [0.717, 1.165) is 37.2 Å². The van der Waals surface area contributed by atoms with E-state index < -0.39 is 0 Å². The average Bonchev–Trinajstić information content (AvgIpc) is 3.18. The second-order valence-electron chi connectivity index (χ2n) is 6.61. The number of carbonyl (C=O) groups excluding carboxylic acids is 1. The molecule has 1 atom stereocenters. The van der Waals surface area contributed by atoms with Crippen molar-refractivity contribution in [1.29, 1.82) is 0 Å². The van der Waals surface area contributed by atoms with Crippen molar-refractivity contribution >= 4 is 29.2 Å². The second kappa shape index (κ2) is 12.6. The third-order valence-electron chi connectivity index (χ3n) is 4.34. The van der Waals surface area contributed by atoms with Gasteiger partial charge < -0.3 is 25.4 Å². The van der Waals surface area contributed by atoms with Crippen LogP contribution in [0, 0.1) is 6.92 Å². The summed E-state index contributed by atoms with van der Waals surface area (Å²) in [7, 11) is 0. The van der Waals surface area contributed by atoms with Crippen LogP contribution < -0.4 is 16.0 Å². The molecule has 0 bridgehead atoms. The van der Waals surface area contributed by atoms with Gasteiger partial charge >= 0.3 is 0 Å². The van der Waals surface area contributed by atoms with Gasteiger partial charge in [0, 0.05) is 50.0 Å². The zero-order valence-corrected chi connectivity index (χ0v) is 17.5. The van der Waals surface area contributed by atoms with Crippen molar-refractivity contribution in [3.8, 4) is 0 Å². The van der Waals surface area contributed by atoms with Crippen molar-refractivity contribution in [2.24, 2.45) is 4.99 Å². The molecule has 8 heteroatoms. The van der Waals surface area contributed by atoms with Gasteiger partial charge in [-0.05, 0) is 44.4 Å². The third-order valence-corrected chi connectivity index (χ3v) is 4.75. The zero-order valence-electron chi connectivity index (χ0n) is 16.7. The van der Waals surface area contributed by atoms with E-state index in [-0.39, 0.29) is 12.0 Å². The minimum atomic E-state index is -0.0686. The van der Waals surface area contributed by atoms with Crippen LogP contribution in [0.5, 0.6) is 0 Å². The maximum Gasteiger partial charge on any atom is 0.226 e. The van der Waals surface area contributed by atoms with E-state index in [1.807, 2.05) is 26.0 Å². The first kappa shape index (κ1) is 22.5. The predicted molar refractivity (Wildman–Crippen MR) is 113 cm³/mol. The number of hydrogen-bond donors (Lipinski definition) is 3. The fraction of sp³-hybridized carbons (Fsp3) is 0.600. The van der Waals surface area contributed by atoms with E-state index in [1.165, 1.54) is 0 Å². The molecule has 1 amide bonds. The first-order valence-electron chi connectivity index (χ1n) is 9.86. The molecular weight excluding hydrogens is 380 g/mol. The van der Waals surface area contributed by atoms with Crippen LogP contribution in [0.3, 0.4) is 0 Å². The summed E-state index contributed by atoms with van der Waals surface area (Å²) in [6, 6.07) is 5.47. The molecule has 1 heterocycles. The van der Waals surface area contributed by atoms with Crippen LogP contribution in [0.4, 0.5) is 5.69 Å². The van der Waals surface area contributed by atoms with Gasteiger partial charge in [-0.15, -0.1) is 0 Å². The molecule has 0 aliphatic carbocycles. The van der Waals surface area contributed by atoms with Crippen LogP contribution in [-0.2, 0) is 14.3 Å². The predicted octanol–water partition coefficient (Wildman–Crippen LogP) is 2.73. The molecule has 1 aliphatic rings. The van der Waals surface area contributed by atoms with Crippen LogP contribution in [0.15, 0.2) is 23.2 Å². The monoisotopic (exact) mass is 410 g/mol. The number of rotatable bonds is 10. The summed E-state index contributed by atoms with van der Waals surface area (Å²) in [5.41, 5.74) is 1.61. The molecule has 1 aliphatic heterocycles. The molecule has 156 valence electrons. The Labute approximate surface area is 172 Å². The van der Waals surface area contributed by atoms with Crippen LogP contribution in [0.2, 0.25) is 5.02 Å². The van der Waals surface area contributed by atoms with Gasteiger partial charge in [-0.3, -0.25) is 9.79 Å². The molecule has 28 heavy (non-hydrogen) atoms. The zero-order chi connectivity index (χ0) is 20.2. The summed E-state index contributed by atoms with van der Waals surface area (Å²) in [4.78, 5) is 16.7. The maximum atomic E-state index is 12.2. The number of halogens is 1. The Hall–Kier alpha value is -1.83. The highest BCUT2D eigenvalue weighted by Crippen LogP contribution is 2.22. The fourth-order valence-corrected chi connectivity index (χ4v) is 2.92. The summed E-state index contributed by atoms with van der Waals surface area (Å²) in [6.45, 7) is 7.98. The lowest BCUT2D eigenvalue weighted by Crippen LogP contribution is -2.38. The number of hydrogen-bond acceptors (Lipinski definition) is 4. The van der Waals surface area contributed by atoms with Crippen molar-refractivity contribution < 1.29 is 14.3 Å². The van der Waals surface area contributed by atoms with Gasteiger partial charge in [0.2, 0.25) is 5.91 Å². The number of aliphatic imine (C=N–C) groups is 1. The number of ether oxygens (including phenoxy) is 2. The molecule has 1 fully saturated rings. The van der Waals surface area contributed by atoms with Gasteiger partial charge in [-0.2, -0.15) is 0 Å². The molecule has 0 radical (unpaired) electrons. The summed E-state index contributed by atoms with van der Waals surface area (Å²) in [5.74, 6) is 0.638. The van der Waals surface area contributed by atoms with E-state index in [0.29, 0.717) is 43.7 Å². The quantitative estimate of drug-likeness (QED) is 0.314. The van der Waals surface area contributed by atoms with E-state index in [9.17, 15) is 4.79 Å². The van der Waals surface area contributed by atoms with Crippen LogP contribution in [0.1, 0.15) is 31.7 Å². The van der Waals surface area contributed by atoms with Gasteiger partial charge in [-0.1, -0.05) is 17.7 Å². The summed E-state index contributed by atoms with van der Waals surface area (Å²) < 4.78 is 11.0. The molecule has 0 saturated carbocycles. The Bertz CT molecular complexity index is 648. The molecule has 1 saturated heterocycles. The molecule has 1 aromatic carbocycles. The maximum absolute atomic E-state index is 12.2. The number of guanidine groups is 1. The minimum Gasteiger partial charge on any atom is -0.379 e. The highest BCUT2D eigenvalue weighted by atomic mass is 35.5. The molecular formula is C20H31ClN4O3. The highest BCUT2D eigenvalue weighted by Gasteiger charge is 2.15. The van der Waals surface area contributed by atoms with Gasteiger partial charge in [0.25, 0.3) is 0 Å². The van der Waals surface area contributed by atoms with Crippen molar-refractivity contribution in [3.63, 3.8) is 0 Å². The van der Waals surface area contributed by atoms with Crippen molar-refractivity contribution in [3.05, 3.63) is 28.8 Å². The lowest BCUT2D eigenvalue weighted by molar-refractivity contribution is -0.116. The van der Waals surface area contributed by atoms with Crippen molar-refractivity contribution in [2.45, 2.75) is 39.2 Å². The van der Waals surface area contributed by atoms with Crippen LogP contribution >= 0.6 is 11.6 Å². The fourth-order valence-electron chi connectivity index (χ4n) is 2.74. The van der Waals surface area contributed by atoms with Gasteiger partial charge in [0.1, 0.15) is 0 Å². The molecule has 0 spiro atoms. The lowest BCUT2D eigenvalue weighted by Gasteiger charge is -2.13. The normalized spacial score (nSPS) is 16.8. The molecule has 1 aromatic rings. The number of anilines is 1. The van der Waals surface area contributed by atoms with E-state index in [4.69, 9.17) is 21.1 Å². The number of carbonyl (C=O) groups is 1. The van der Waals surface area contributed by atoms with Crippen molar-refractivity contribution in [1.82, 2.24) is 10.6 Å². The second-order valence-corrected chi connectivity index (χ2v) is 7.02. The van der Waals surface area contributed by atoms with Gasteiger partial charge in [-0.25, -0.2) is 0 Å². The Morgan fingerprint density at radius 1 is 1.39 bits per heavy atom. The Balaban J connectivity index is 1.66. The SMILES string of the molecule is CCNC(=NCCCOC1CCOC1)NCCC(=O)Nc1cccc(Cl)c1C. The topological polar surface area (TPSA) is 84.0 Å². The first-order chi connectivity index (χ1) is 13.6. The Morgan fingerprint density at radius 3 is 3.00 bits per heavy atom. The van der Waals surface area contributed by atoms with E-state index in [1.54, 1.807) is 6.07 Å². The lowest BCUT2D eigenvalue weighted by atomic mass is 10.2. The minimum absolute atomic E-state index is 0.0686. The smallest absolute Gasteiger partial charge is 0.226 e. The largest absolute Gasteiger partial charge is 0.379 e. The van der Waals surface area contributed by atoms with Gasteiger partial charge in [0.15, 0.2) is 5.96 Å². The summed E-state index contributed by atoms with van der Waals surface area (Å²) >= 11 is 6.08. The molecule has 2 rings (SSSR count). The third kappa shape index (κ3) is 8.04. The first-order valence-corrected chi connectivity index (χ1v) is 10.2. The Kier molecular flexibility index (Phi) is 10.1. The molecule has 1 unspecified atom stereocenters. The van der Waals surface area contributed by atoms with E-state index >= 15 is 0 Å². The molecule has 7 nitrogen and oxygen atoms in total. The Morgan fingerprint density at radius 2 is 2.25 bits per heavy atom. The van der Waals surface area contributed by atoms with Crippen LogP contribution in [0.25, 0.3) is 0 Å². The van der Waals surface area contributed by atoms with E-state index in [2.05, 4.69) is 20.9 Å². The molecule has 0 aromatic heterocycles. The number of benzene rings is 1. The number of amides is 1. The average molecular weight is 411 g/mol. The van der Waals surface area contributed by atoms with Crippen molar-refractivity contribution in [2.75, 3.05) is 44.8 Å². The standard InChI is InChI=1S/C20H31ClN4O3/c1-3-22-20(23-10-5-12-28-16-9-13-27-14-16)24-11-8-19(26)25-18-7-4-6-17(21)15(18)2/h4,6-7,16H,3,5,8-14H2,1-2H3,(H,25,26)(H2,22,23,24).